The van der Waals surface area contributed by atoms with Crippen molar-refractivity contribution in [2.24, 2.45) is 0 Å². The molecule has 0 aromatic carbocycles. The third-order valence-electron chi connectivity index (χ3n) is 0. The molecule has 0 heterocycles. The molecular weight excluding hydrogens is 211 g/mol. The van der Waals surface area contributed by atoms with Gasteiger partial charge in [0.1, 0.15) is 0 Å². The van der Waals surface area contributed by atoms with E-state index >= 15 is 0 Å². The highest BCUT2D eigenvalue weighted by Crippen LogP contribution is 1.40. The standard InChI is InChI=1S/BH3O3.Mg.8H2O.2H/c2-1(3)4;;;;;;;;;;;/h2-4H;;8*1H2;;. The predicted octanol–water partition coefficient (Wildman–Crippen LogP) is -9.57. The highest BCUT2D eigenvalue weighted by Gasteiger charge is 1.92. The highest BCUT2D eigenvalue weighted by molar-refractivity contribution is 6.30. The molecule has 0 unspecified atom stereocenters. The first kappa shape index (κ1) is 179. The van der Waals surface area contributed by atoms with Crippen molar-refractivity contribution in [2.75, 3.05) is 0 Å². The fourth-order valence-corrected chi connectivity index (χ4v) is 0. The van der Waals surface area contributed by atoms with Crippen molar-refractivity contribution in [3.63, 3.8) is 0 Å². The van der Waals surface area contributed by atoms with E-state index in [4.69, 9.17) is 15.1 Å². The molecule has 0 amide bonds. The molecule has 0 saturated carbocycles. The van der Waals surface area contributed by atoms with Crippen molar-refractivity contribution in [1.29, 1.82) is 0 Å². The number of hydrogen-bond donors (Lipinski definition) is 3. The molecule has 19 N–H and O–H groups in total. The molecule has 13 heavy (non-hydrogen) atoms. The molecule has 0 radical (unpaired) electrons. The van der Waals surface area contributed by atoms with Crippen LogP contribution in [0, 0.1) is 0 Å². The first-order valence-electron chi connectivity index (χ1n) is 0.775. The van der Waals surface area contributed by atoms with Crippen molar-refractivity contribution >= 4 is 30.4 Å². The zero-order valence-electron chi connectivity index (χ0n) is 5.92. The quantitative estimate of drug-likeness (QED) is 0.342. The van der Waals surface area contributed by atoms with Gasteiger partial charge in [-0.2, -0.15) is 0 Å². The SMILES string of the molecule is O.O.O.O.O.O.O.O.OB(O)O.[MgH2]. The zero-order valence-corrected chi connectivity index (χ0v) is 5.92. The van der Waals surface area contributed by atoms with Gasteiger partial charge in [0.2, 0.25) is 0 Å². The Labute approximate surface area is 89.8 Å². The lowest BCUT2D eigenvalue weighted by Gasteiger charge is -1.69. The largest absolute Gasteiger partial charge is 0.631 e. The van der Waals surface area contributed by atoms with Crippen LogP contribution in [0.2, 0.25) is 0 Å². The van der Waals surface area contributed by atoms with E-state index in [1.165, 1.54) is 0 Å². The Morgan fingerprint density at radius 3 is 0.462 bits per heavy atom. The summed E-state index contributed by atoms with van der Waals surface area (Å²) in [7, 11) is -2.17. The molecule has 0 saturated heterocycles. The summed E-state index contributed by atoms with van der Waals surface area (Å²) in [6.07, 6.45) is 0. The molecule has 0 bridgehead atoms. The second-order valence-corrected chi connectivity index (χ2v) is 0.346. The van der Waals surface area contributed by atoms with Crippen molar-refractivity contribution in [1.82, 2.24) is 0 Å². The van der Waals surface area contributed by atoms with E-state index in [0.29, 0.717) is 0 Å². The summed E-state index contributed by atoms with van der Waals surface area (Å²) in [5.74, 6) is 0. The predicted molar refractivity (Wildman–Crippen MR) is 49.9 cm³/mol. The molecule has 0 fully saturated rings. The minimum absolute atomic E-state index is 0. The van der Waals surface area contributed by atoms with Gasteiger partial charge in [-0.1, -0.05) is 0 Å². The van der Waals surface area contributed by atoms with Gasteiger partial charge in [-0.3, -0.25) is 0 Å². The average molecular weight is 232 g/mol. The van der Waals surface area contributed by atoms with E-state index in [9.17, 15) is 0 Å². The second-order valence-electron chi connectivity index (χ2n) is 0.346. The maximum Gasteiger partial charge on any atom is 0.631 e. The van der Waals surface area contributed by atoms with Crippen LogP contribution in [0.25, 0.3) is 0 Å². The normalized spacial score (nSPS) is 2.08. The van der Waals surface area contributed by atoms with Gasteiger partial charge in [-0.25, -0.2) is 0 Å². The van der Waals surface area contributed by atoms with Crippen LogP contribution in [0.5, 0.6) is 0 Å². The van der Waals surface area contributed by atoms with Crippen LogP contribution in [0.4, 0.5) is 0 Å². The lowest BCUT2D eigenvalue weighted by atomic mass is 10.3. The summed E-state index contributed by atoms with van der Waals surface area (Å²) in [6, 6.07) is 0. The topological polar surface area (TPSA) is 313 Å². The van der Waals surface area contributed by atoms with Crippen LogP contribution < -0.4 is 0 Å². The summed E-state index contributed by atoms with van der Waals surface area (Å²) >= 11 is 0. The smallest absolute Gasteiger partial charge is 0.412 e. The van der Waals surface area contributed by atoms with Crippen LogP contribution in [-0.4, -0.2) is 89.3 Å². The lowest BCUT2D eigenvalue weighted by molar-refractivity contribution is 0.278. The van der Waals surface area contributed by atoms with Crippen LogP contribution >= 0.6 is 0 Å². The Morgan fingerprint density at radius 1 is 0.462 bits per heavy atom. The Bertz CT molecular complexity index is 14.8. The number of rotatable bonds is 0. The summed E-state index contributed by atoms with van der Waals surface area (Å²) in [6.45, 7) is 0. The molecule has 0 aromatic heterocycles. The van der Waals surface area contributed by atoms with Gasteiger partial charge >= 0.3 is 30.4 Å². The molecule has 11 nitrogen and oxygen atoms in total. The van der Waals surface area contributed by atoms with Gasteiger partial charge in [0.15, 0.2) is 0 Å². The molecule has 0 aromatic rings. The van der Waals surface area contributed by atoms with Crippen LogP contribution in [0.15, 0.2) is 0 Å². The van der Waals surface area contributed by atoms with E-state index in [2.05, 4.69) is 0 Å². The van der Waals surface area contributed by atoms with E-state index in [-0.39, 0.29) is 66.9 Å². The molecular formula is H21BMgO11. The van der Waals surface area contributed by atoms with E-state index in [1.54, 1.807) is 0 Å². The van der Waals surface area contributed by atoms with Gasteiger partial charge < -0.3 is 58.9 Å². The summed E-state index contributed by atoms with van der Waals surface area (Å²) in [4.78, 5) is 0. The van der Waals surface area contributed by atoms with E-state index in [1.807, 2.05) is 0 Å². The Hall–Kier alpha value is 0.391. The fraction of sp³-hybridized carbons (Fsp3) is 0. The molecule has 0 aliphatic rings. The molecule has 0 aliphatic heterocycles. The van der Waals surface area contributed by atoms with E-state index < -0.39 is 7.32 Å². The maximum atomic E-state index is 7.17. The van der Waals surface area contributed by atoms with Gasteiger partial charge in [0.25, 0.3) is 0 Å². The number of hydrogen-bond acceptors (Lipinski definition) is 3. The lowest BCUT2D eigenvalue weighted by Crippen LogP contribution is -2.07. The highest BCUT2D eigenvalue weighted by atomic mass is 24.3. The molecule has 0 spiro atoms. The maximum absolute atomic E-state index is 7.17. The van der Waals surface area contributed by atoms with Crippen LogP contribution in [0.3, 0.4) is 0 Å². The van der Waals surface area contributed by atoms with E-state index in [0.717, 1.165) is 0 Å². The summed E-state index contributed by atoms with van der Waals surface area (Å²) < 4.78 is 0. The Morgan fingerprint density at radius 2 is 0.462 bits per heavy atom. The Balaban J connectivity index is -0.00000000125. The van der Waals surface area contributed by atoms with Crippen LogP contribution in [-0.2, 0) is 0 Å². The average Bonchev–Trinajstić information content (AvgIpc) is 0.811. The van der Waals surface area contributed by atoms with Gasteiger partial charge in [0, 0.05) is 0 Å². The van der Waals surface area contributed by atoms with Crippen molar-refractivity contribution in [3.05, 3.63) is 0 Å². The summed E-state index contributed by atoms with van der Waals surface area (Å²) in [5, 5.41) is 21.5. The third kappa shape index (κ3) is 8740. The van der Waals surface area contributed by atoms with Crippen LogP contribution in [0.1, 0.15) is 0 Å². The molecule has 0 rings (SSSR count). The van der Waals surface area contributed by atoms with Crippen molar-refractivity contribution in [2.45, 2.75) is 0 Å². The molecule has 0 aliphatic carbocycles. The fourth-order valence-electron chi connectivity index (χ4n) is 0. The molecule has 0 atom stereocenters. The summed E-state index contributed by atoms with van der Waals surface area (Å²) in [5.41, 5.74) is 0. The monoisotopic (exact) mass is 232 g/mol. The zero-order chi connectivity index (χ0) is 3.58. The minimum Gasteiger partial charge on any atom is -0.412 e. The Kier molecular flexibility index (Phi) is 1920. The first-order chi connectivity index (χ1) is 1.73. The molecule has 13 heteroatoms. The van der Waals surface area contributed by atoms with Gasteiger partial charge in [-0.15, -0.1) is 0 Å². The third-order valence-corrected chi connectivity index (χ3v) is 0. The first-order valence-corrected chi connectivity index (χ1v) is 0.775. The molecule has 92 valence electrons. The van der Waals surface area contributed by atoms with Gasteiger partial charge in [0.05, 0.1) is 0 Å². The van der Waals surface area contributed by atoms with Crippen molar-refractivity contribution in [3.8, 4) is 0 Å². The minimum atomic E-state index is -2.17. The van der Waals surface area contributed by atoms with Crippen molar-refractivity contribution < 1.29 is 58.9 Å². The van der Waals surface area contributed by atoms with Gasteiger partial charge in [-0.05, 0) is 0 Å². The second kappa shape index (κ2) is 140.